The Labute approximate surface area is 190 Å². The number of hydrogen-bond donors (Lipinski definition) is 3. The molecule has 32 heavy (non-hydrogen) atoms. The zero-order chi connectivity index (χ0) is 23.1. The van der Waals surface area contributed by atoms with Crippen LogP contribution < -0.4 is 15.8 Å². The number of nitrogens with zero attached hydrogens (tertiary/aromatic N) is 3. The van der Waals surface area contributed by atoms with Gasteiger partial charge >= 0.3 is 0 Å². The van der Waals surface area contributed by atoms with Crippen molar-refractivity contribution in [3.8, 4) is 5.75 Å². The number of ether oxygens (including phenoxy) is 1. The molecule has 0 bridgehead atoms. The normalized spacial score (nSPS) is 16.5. The molecule has 0 saturated carbocycles. The van der Waals surface area contributed by atoms with Gasteiger partial charge in [0.1, 0.15) is 11.4 Å². The van der Waals surface area contributed by atoms with E-state index in [9.17, 15) is 5.21 Å². The highest BCUT2D eigenvalue weighted by atomic mass is 16.5. The van der Waals surface area contributed by atoms with Crippen molar-refractivity contribution in [3.05, 3.63) is 84.1 Å². The molecule has 2 heterocycles. The van der Waals surface area contributed by atoms with E-state index in [2.05, 4.69) is 21.8 Å². The number of nitrogens with one attached hydrogen (secondary N) is 1. The summed E-state index contributed by atoms with van der Waals surface area (Å²) in [6.45, 7) is 10.5. The fourth-order valence-electron chi connectivity index (χ4n) is 3.82. The van der Waals surface area contributed by atoms with Crippen molar-refractivity contribution in [1.29, 1.82) is 0 Å². The minimum Gasteiger partial charge on any atom is -0.497 e. The molecule has 0 aliphatic carbocycles. The minimum atomic E-state index is 0.214. The van der Waals surface area contributed by atoms with Crippen molar-refractivity contribution in [2.75, 3.05) is 25.5 Å². The van der Waals surface area contributed by atoms with E-state index in [-0.39, 0.29) is 6.04 Å². The topological polar surface area (TPSA) is 88.6 Å². The molecule has 1 aromatic heterocycles. The van der Waals surface area contributed by atoms with Crippen LogP contribution in [0.4, 0.5) is 5.69 Å². The number of likely N-dealkylation sites (tertiary alicyclic amines) is 1. The van der Waals surface area contributed by atoms with Crippen LogP contribution in [0.1, 0.15) is 30.3 Å². The molecular formula is C25H33N5O2. The van der Waals surface area contributed by atoms with Crippen molar-refractivity contribution >= 4 is 11.3 Å². The summed E-state index contributed by atoms with van der Waals surface area (Å²) in [6.07, 6.45) is 6.34. The molecule has 1 aliphatic heterocycles. The maximum Gasteiger partial charge on any atom is 0.119 e. The predicted molar refractivity (Wildman–Crippen MR) is 129 cm³/mol. The van der Waals surface area contributed by atoms with Crippen molar-refractivity contribution in [3.63, 3.8) is 0 Å². The molecule has 1 saturated heterocycles. The van der Waals surface area contributed by atoms with E-state index < -0.39 is 0 Å². The second-order valence-electron chi connectivity index (χ2n) is 8.11. The number of anilines is 1. The zero-order valence-corrected chi connectivity index (χ0v) is 19.1. The first-order valence-corrected chi connectivity index (χ1v) is 10.7. The number of rotatable bonds is 7. The van der Waals surface area contributed by atoms with E-state index >= 15 is 0 Å². The summed E-state index contributed by atoms with van der Waals surface area (Å²) >= 11 is 0. The van der Waals surface area contributed by atoms with Crippen LogP contribution in [0.15, 0.2) is 67.1 Å². The highest BCUT2D eigenvalue weighted by Gasteiger charge is 2.19. The first-order chi connectivity index (χ1) is 15.4. The number of methoxy groups -OCH3 is 1. The number of allylic oxidation sites excluding steroid dienone is 3. The van der Waals surface area contributed by atoms with Gasteiger partial charge in [-0.1, -0.05) is 12.6 Å². The molecule has 170 valence electrons. The van der Waals surface area contributed by atoms with Gasteiger partial charge < -0.3 is 21.0 Å². The first kappa shape index (κ1) is 23.4. The van der Waals surface area contributed by atoms with Crippen molar-refractivity contribution in [1.82, 2.24) is 14.6 Å². The van der Waals surface area contributed by atoms with Crippen LogP contribution in [0.3, 0.4) is 0 Å². The molecule has 1 fully saturated rings. The van der Waals surface area contributed by atoms with Crippen LogP contribution in [0.25, 0.3) is 5.57 Å². The number of nitrogens with two attached hydrogens (primary N) is 1. The SMILES string of the molecule is C=C(/C=C(\C)Nc1ccc(OC)cc1)c1c(C)ncccc(CN2CCC(N)C2)cn1O. The van der Waals surface area contributed by atoms with E-state index in [1.54, 1.807) is 19.5 Å². The van der Waals surface area contributed by atoms with Crippen LogP contribution in [-0.2, 0) is 6.54 Å². The summed E-state index contributed by atoms with van der Waals surface area (Å²) in [5.41, 5.74) is 10.7. The lowest BCUT2D eigenvalue weighted by atomic mass is 10.1. The van der Waals surface area contributed by atoms with Gasteiger partial charge in [0.15, 0.2) is 0 Å². The van der Waals surface area contributed by atoms with Crippen LogP contribution in [0.5, 0.6) is 5.75 Å². The Hall–Kier alpha value is -3.29. The standard InChI is InChI=1S/C25H33N5O2/c1-18(14-19(2)28-23-7-9-24(32-4)10-8-23)25-20(3)27-12-5-6-21(16-30(25)31)15-29-13-11-22(26)17-29/h5-10,12,14,16,22,28,31H,1,11,13,15,17,26H2,2-4H3/b6-5?,19-14+,21-16?,25-20?,27-12?. The van der Waals surface area contributed by atoms with Crippen LogP contribution in [0.2, 0.25) is 0 Å². The number of aromatic nitrogens is 2. The van der Waals surface area contributed by atoms with Crippen molar-refractivity contribution in [2.24, 2.45) is 5.73 Å². The van der Waals surface area contributed by atoms with Gasteiger partial charge in [0.05, 0.1) is 12.8 Å². The third kappa shape index (κ3) is 6.35. The van der Waals surface area contributed by atoms with Gasteiger partial charge in [-0.25, -0.2) is 0 Å². The average Bonchev–Trinajstić information content (AvgIpc) is 3.17. The van der Waals surface area contributed by atoms with Gasteiger partial charge in [-0.2, -0.15) is 4.73 Å². The second kappa shape index (κ2) is 10.8. The van der Waals surface area contributed by atoms with Gasteiger partial charge in [0, 0.05) is 49.5 Å². The largest absolute Gasteiger partial charge is 0.497 e. The van der Waals surface area contributed by atoms with Gasteiger partial charge in [-0.3, -0.25) is 9.88 Å². The molecule has 1 unspecified atom stereocenters. The van der Waals surface area contributed by atoms with E-state index in [0.29, 0.717) is 23.5 Å². The fraction of sp³-hybridized carbons (Fsp3) is 0.320. The van der Waals surface area contributed by atoms with Crippen molar-refractivity contribution in [2.45, 2.75) is 32.9 Å². The Morgan fingerprint density at radius 3 is 2.75 bits per heavy atom. The Balaban J connectivity index is 1.86. The lowest BCUT2D eigenvalue weighted by molar-refractivity contribution is 0.180. The Morgan fingerprint density at radius 2 is 2.09 bits per heavy atom. The molecule has 2 aromatic rings. The number of aryl methyl sites for hydroxylation is 1. The van der Waals surface area contributed by atoms with E-state index in [1.807, 2.05) is 56.3 Å². The smallest absolute Gasteiger partial charge is 0.119 e. The summed E-state index contributed by atoms with van der Waals surface area (Å²) in [5, 5.41) is 14.3. The fourth-order valence-corrected chi connectivity index (χ4v) is 3.82. The van der Waals surface area contributed by atoms with E-state index in [1.165, 1.54) is 0 Å². The highest BCUT2D eigenvalue weighted by molar-refractivity contribution is 5.72. The Morgan fingerprint density at radius 1 is 1.34 bits per heavy atom. The van der Waals surface area contributed by atoms with Crippen LogP contribution >= 0.6 is 0 Å². The van der Waals surface area contributed by atoms with Gasteiger partial charge in [-0.15, -0.1) is 0 Å². The summed E-state index contributed by atoms with van der Waals surface area (Å²) in [6, 6.07) is 11.7. The van der Waals surface area contributed by atoms with E-state index in [4.69, 9.17) is 10.5 Å². The van der Waals surface area contributed by atoms with Gasteiger partial charge in [0.2, 0.25) is 0 Å². The van der Waals surface area contributed by atoms with Crippen LogP contribution in [-0.4, -0.2) is 46.1 Å². The van der Waals surface area contributed by atoms with Gasteiger partial charge in [-0.05, 0) is 67.8 Å². The molecule has 1 aromatic carbocycles. The first-order valence-electron chi connectivity index (χ1n) is 10.7. The molecule has 3 rings (SSSR count). The Bertz CT molecular complexity index is 1030. The molecular weight excluding hydrogens is 402 g/mol. The number of benzene rings is 1. The average molecular weight is 436 g/mol. The molecule has 0 amide bonds. The molecule has 0 spiro atoms. The lowest BCUT2D eigenvalue weighted by Crippen LogP contribution is -2.26. The molecule has 0 radical (unpaired) electrons. The third-order valence-electron chi connectivity index (χ3n) is 5.37. The summed E-state index contributed by atoms with van der Waals surface area (Å²) < 4.78 is 6.32. The zero-order valence-electron chi connectivity index (χ0n) is 19.1. The van der Waals surface area contributed by atoms with Gasteiger partial charge in [0.25, 0.3) is 0 Å². The maximum absolute atomic E-state index is 10.9. The van der Waals surface area contributed by atoms with Crippen molar-refractivity contribution < 1.29 is 9.94 Å². The quantitative estimate of drug-likeness (QED) is 0.448. The highest BCUT2D eigenvalue weighted by Crippen LogP contribution is 2.20. The lowest BCUT2D eigenvalue weighted by Gasteiger charge is -2.15. The third-order valence-corrected chi connectivity index (χ3v) is 5.37. The minimum absolute atomic E-state index is 0.214. The summed E-state index contributed by atoms with van der Waals surface area (Å²) in [5.74, 6) is 0.800. The summed E-state index contributed by atoms with van der Waals surface area (Å²) in [7, 11) is 1.64. The number of hydrogen-bond acceptors (Lipinski definition) is 6. The predicted octanol–water partition coefficient (Wildman–Crippen LogP) is 4.12. The molecule has 4 N–H and O–H groups in total. The molecule has 1 atom stereocenters. The monoisotopic (exact) mass is 435 g/mol. The Kier molecular flexibility index (Phi) is 7.92. The molecule has 7 heteroatoms. The molecule has 7 nitrogen and oxygen atoms in total. The summed E-state index contributed by atoms with van der Waals surface area (Å²) in [4.78, 5) is 6.75. The van der Waals surface area contributed by atoms with Crippen LogP contribution in [0, 0.1) is 6.92 Å². The molecule has 1 aliphatic rings. The maximum atomic E-state index is 10.9. The van der Waals surface area contributed by atoms with E-state index in [0.717, 1.165) is 46.9 Å². The second-order valence-corrected chi connectivity index (χ2v) is 8.11.